The van der Waals surface area contributed by atoms with Gasteiger partial charge in [0.15, 0.2) is 10.7 Å². The molecule has 0 aliphatic heterocycles. The van der Waals surface area contributed by atoms with E-state index in [2.05, 4.69) is 18.0 Å². The van der Waals surface area contributed by atoms with Crippen molar-refractivity contribution in [2.75, 3.05) is 5.75 Å². The highest BCUT2D eigenvalue weighted by molar-refractivity contribution is 7.99. The Morgan fingerprint density at radius 1 is 1.71 bits per heavy atom. The number of rotatable bonds is 2. The number of fused-ring (bicyclic) bond motifs is 1. The molecule has 14 heavy (non-hydrogen) atoms. The molecule has 0 aliphatic rings. The maximum atomic E-state index is 9.06. The summed E-state index contributed by atoms with van der Waals surface area (Å²) < 4.78 is 1.92. The van der Waals surface area contributed by atoms with Crippen LogP contribution in [-0.2, 0) is 0 Å². The Bertz CT molecular complexity index is 504. The molecule has 0 saturated heterocycles. The first-order valence-electron chi connectivity index (χ1n) is 4.27. The third-order valence-corrected chi connectivity index (χ3v) is 3.68. The van der Waals surface area contributed by atoms with E-state index in [0.717, 1.165) is 21.4 Å². The van der Waals surface area contributed by atoms with Gasteiger partial charge in [-0.15, -0.1) is 23.1 Å². The lowest BCUT2D eigenvalue weighted by atomic mass is 10.5. The quantitative estimate of drug-likeness (QED) is 0.735. The normalized spacial score (nSPS) is 10.6. The summed E-state index contributed by atoms with van der Waals surface area (Å²) in [6.07, 6.45) is 0. The largest absolute Gasteiger partial charge is 0.278 e. The second kappa shape index (κ2) is 3.64. The molecule has 0 radical (unpaired) electrons. The smallest absolute Gasteiger partial charge is 0.196 e. The minimum atomic E-state index is 0.672. The van der Waals surface area contributed by atoms with E-state index < -0.39 is 0 Å². The van der Waals surface area contributed by atoms with Crippen LogP contribution in [0.4, 0.5) is 0 Å². The van der Waals surface area contributed by atoms with Crippen LogP contribution < -0.4 is 0 Å². The van der Waals surface area contributed by atoms with Gasteiger partial charge in [0.2, 0.25) is 0 Å². The van der Waals surface area contributed by atoms with Crippen LogP contribution in [0.25, 0.3) is 4.96 Å². The molecule has 3 nitrogen and oxygen atoms in total. The van der Waals surface area contributed by atoms with Crippen molar-refractivity contribution in [3.8, 4) is 6.07 Å². The van der Waals surface area contributed by atoms with Gasteiger partial charge in [0.1, 0.15) is 11.1 Å². The van der Waals surface area contributed by atoms with E-state index in [1.807, 2.05) is 16.7 Å². The van der Waals surface area contributed by atoms with Gasteiger partial charge >= 0.3 is 0 Å². The van der Waals surface area contributed by atoms with Gasteiger partial charge < -0.3 is 0 Å². The molecule has 0 N–H and O–H groups in total. The standard InChI is InChI=1S/C9H9N3S2/c1-3-13-8-7(4-10)12-6(2)5-14-9(12)11-8/h5H,3H2,1-2H3. The van der Waals surface area contributed by atoms with Crippen LogP contribution in [0.2, 0.25) is 0 Å². The summed E-state index contributed by atoms with van der Waals surface area (Å²) in [7, 11) is 0. The van der Waals surface area contributed by atoms with E-state index in [9.17, 15) is 0 Å². The summed E-state index contributed by atoms with van der Waals surface area (Å²) in [5.74, 6) is 0.943. The highest BCUT2D eigenvalue weighted by Crippen LogP contribution is 2.26. The summed E-state index contributed by atoms with van der Waals surface area (Å²) in [5.41, 5.74) is 1.75. The van der Waals surface area contributed by atoms with Crippen LogP contribution in [0.3, 0.4) is 0 Å². The van der Waals surface area contributed by atoms with Crippen LogP contribution in [-0.4, -0.2) is 15.1 Å². The van der Waals surface area contributed by atoms with E-state index >= 15 is 0 Å². The second-order valence-corrected chi connectivity index (χ2v) is 4.89. The van der Waals surface area contributed by atoms with E-state index in [1.54, 1.807) is 23.1 Å². The van der Waals surface area contributed by atoms with Gasteiger partial charge in [-0.25, -0.2) is 4.98 Å². The molecule has 2 aromatic heterocycles. The van der Waals surface area contributed by atoms with Crippen LogP contribution in [0, 0.1) is 18.3 Å². The summed E-state index contributed by atoms with van der Waals surface area (Å²) in [4.78, 5) is 5.33. The minimum absolute atomic E-state index is 0.672. The van der Waals surface area contributed by atoms with Gasteiger partial charge in [0.05, 0.1) is 0 Å². The molecule has 2 aromatic rings. The molecule has 0 unspecified atom stereocenters. The average molecular weight is 223 g/mol. The summed E-state index contributed by atoms with van der Waals surface area (Å²) >= 11 is 3.20. The number of aromatic nitrogens is 2. The topological polar surface area (TPSA) is 41.1 Å². The SMILES string of the molecule is CCSc1nc2scc(C)n2c1C#N. The van der Waals surface area contributed by atoms with Crippen molar-refractivity contribution in [2.24, 2.45) is 0 Å². The molecule has 72 valence electrons. The van der Waals surface area contributed by atoms with Crippen LogP contribution in [0.1, 0.15) is 18.3 Å². The fourth-order valence-corrected chi connectivity index (χ4v) is 2.94. The second-order valence-electron chi connectivity index (χ2n) is 2.81. The number of thioether (sulfide) groups is 1. The monoisotopic (exact) mass is 223 g/mol. The van der Waals surface area contributed by atoms with Crippen molar-refractivity contribution in [2.45, 2.75) is 18.9 Å². The maximum Gasteiger partial charge on any atom is 0.196 e. The van der Waals surface area contributed by atoms with E-state index in [1.165, 1.54) is 0 Å². The molecule has 2 heterocycles. The first-order chi connectivity index (χ1) is 6.77. The first-order valence-corrected chi connectivity index (χ1v) is 6.14. The van der Waals surface area contributed by atoms with Gasteiger partial charge in [0.25, 0.3) is 0 Å². The molecule has 0 aromatic carbocycles. The molecule has 0 atom stereocenters. The highest BCUT2D eigenvalue weighted by Gasteiger charge is 2.14. The van der Waals surface area contributed by atoms with Gasteiger partial charge in [-0.05, 0) is 12.7 Å². The first kappa shape index (κ1) is 9.56. The third kappa shape index (κ3) is 1.31. The molecular formula is C9H9N3S2. The fourth-order valence-electron chi connectivity index (χ4n) is 1.31. The lowest BCUT2D eigenvalue weighted by Gasteiger charge is -1.93. The molecule has 0 fully saturated rings. The van der Waals surface area contributed by atoms with Crippen LogP contribution >= 0.6 is 23.1 Å². The molecule has 0 aliphatic carbocycles. The van der Waals surface area contributed by atoms with Crippen LogP contribution in [0.15, 0.2) is 10.4 Å². The van der Waals surface area contributed by atoms with Gasteiger partial charge in [-0.1, -0.05) is 6.92 Å². The lowest BCUT2D eigenvalue weighted by molar-refractivity contribution is 1.08. The predicted molar refractivity (Wildman–Crippen MR) is 58.9 cm³/mol. The Labute approximate surface area is 90.4 Å². The van der Waals surface area contributed by atoms with Gasteiger partial charge in [0, 0.05) is 11.1 Å². The molecule has 0 spiro atoms. The molecule has 0 saturated carbocycles. The summed E-state index contributed by atoms with van der Waals surface area (Å²) in [6, 6.07) is 2.22. The Kier molecular flexibility index (Phi) is 2.48. The van der Waals surface area contributed by atoms with Crippen molar-refractivity contribution >= 4 is 28.1 Å². The number of hydrogen-bond acceptors (Lipinski definition) is 4. The number of nitrogens with zero attached hydrogens (tertiary/aromatic N) is 3. The summed E-state index contributed by atoms with van der Waals surface area (Å²) in [5, 5.41) is 11.9. The number of nitriles is 1. The zero-order valence-corrected chi connectivity index (χ0v) is 9.58. The lowest BCUT2D eigenvalue weighted by Crippen LogP contribution is -1.88. The molecule has 2 rings (SSSR count). The summed E-state index contributed by atoms with van der Waals surface area (Å²) in [6.45, 7) is 4.05. The number of aryl methyl sites for hydroxylation is 1. The minimum Gasteiger partial charge on any atom is -0.278 e. The molecule has 5 heteroatoms. The number of imidazole rings is 1. The Morgan fingerprint density at radius 3 is 3.14 bits per heavy atom. The van der Waals surface area contributed by atoms with Crippen molar-refractivity contribution < 1.29 is 0 Å². The fraction of sp³-hybridized carbons (Fsp3) is 0.333. The zero-order chi connectivity index (χ0) is 10.1. The predicted octanol–water partition coefficient (Wildman–Crippen LogP) is 2.69. The number of hydrogen-bond donors (Lipinski definition) is 0. The Balaban J connectivity index is 2.69. The number of thiazole rings is 1. The van der Waals surface area contributed by atoms with Crippen LogP contribution in [0.5, 0.6) is 0 Å². The molecular weight excluding hydrogens is 214 g/mol. The van der Waals surface area contributed by atoms with Gasteiger partial charge in [-0.2, -0.15) is 5.26 Å². The molecule has 0 bridgehead atoms. The molecule has 0 amide bonds. The highest BCUT2D eigenvalue weighted by atomic mass is 32.2. The van der Waals surface area contributed by atoms with Crippen molar-refractivity contribution in [1.82, 2.24) is 9.38 Å². The maximum absolute atomic E-state index is 9.06. The third-order valence-electron chi connectivity index (χ3n) is 1.89. The van der Waals surface area contributed by atoms with E-state index in [4.69, 9.17) is 5.26 Å². The average Bonchev–Trinajstić information content (AvgIpc) is 2.67. The van der Waals surface area contributed by atoms with Crippen molar-refractivity contribution in [3.63, 3.8) is 0 Å². The van der Waals surface area contributed by atoms with E-state index in [0.29, 0.717) is 5.69 Å². The van der Waals surface area contributed by atoms with E-state index in [-0.39, 0.29) is 0 Å². The van der Waals surface area contributed by atoms with Crippen molar-refractivity contribution in [3.05, 3.63) is 16.8 Å². The Morgan fingerprint density at radius 2 is 2.50 bits per heavy atom. The van der Waals surface area contributed by atoms with Crippen molar-refractivity contribution in [1.29, 1.82) is 5.26 Å². The zero-order valence-electron chi connectivity index (χ0n) is 7.94. The Hall–Kier alpha value is -0.990. The van der Waals surface area contributed by atoms with Gasteiger partial charge in [-0.3, -0.25) is 4.40 Å².